The molecule has 0 bridgehead atoms. The highest BCUT2D eigenvalue weighted by atomic mass is 16.4. The van der Waals surface area contributed by atoms with Crippen LogP contribution in [0.1, 0.15) is 0 Å². The summed E-state index contributed by atoms with van der Waals surface area (Å²) in [6, 6.07) is 10.7. The van der Waals surface area contributed by atoms with Crippen molar-refractivity contribution < 1.29 is 25.2 Å². The standard InChI is InChI=1S/C18H15N5O5/c1-22-12-3-2-4-13(11(12)8-15(22)26)23-16(20-21-17(23)19-18(27)28)10-6-5-9(24)7-14(10)25/h2-8,24-26H,1H3,(H,19,21)(H,27,28). The molecule has 0 radical (unpaired) electrons. The number of aromatic nitrogens is 4. The summed E-state index contributed by atoms with van der Waals surface area (Å²) in [4.78, 5) is 11.2. The lowest BCUT2D eigenvalue weighted by Crippen LogP contribution is -2.13. The fourth-order valence-corrected chi connectivity index (χ4v) is 3.10. The van der Waals surface area contributed by atoms with E-state index in [1.807, 2.05) is 0 Å². The van der Waals surface area contributed by atoms with E-state index in [-0.39, 0.29) is 34.7 Å². The molecule has 4 aromatic rings. The normalized spacial score (nSPS) is 11.0. The van der Waals surface area contributed by atoms with Gasteiger partial charge < -0.3 is 25.0 Å². The Morgan fingerprint density at radius 3 is 2.57 bits per heavy atom. The van der Waals surface area contributed by atoms with Crippen LogP contribution in [0.3, 0.4) is 0 Å². The van der Waals surface area contributed by atoms with E-state index >= 15 is 0 Å². The number of hydrogen-bond acceptors (Lipinski definition) is 6. The Bertz CT molecular complexity index is 1230. The van der Waals surface area contributed by atoms with Crippen LogP contribution >= 0.6 is 0 Å². The van der Waals surface area contributed by atoms with Gasteiger partial charge in [-0.05, 0) is 24.3 Å². The summed E-state index contributed by atoms with van der Waals surface area (Å²) in [6.45, 7) is 0. The number of aryl methyl sites for hydroxylation is 1. The molecule has 0 saturated heterocycles. The Balaban J connectivity index is 2.04. The van der Waals surface area contributed by atoms with E-state index in [0.29, 0.717) is 16.6 Å². The number of anilines is 1. The summed E-state index contributed by atoms with van der Waals surface area (Å²) >= 11 is 0. The molecular formula is C18H15N5O5. The molecule has 0 atom stereocenters. The average Bonchev–Trinajstić information content (AvgIpc) is 3.16. The van der Waals surface area contributed by atoms with Crippen LogP contribution in [0.25, 0.3) is 28.0 Å². The van der Waals surface area contributed by atoms with Crippen LogP contribution in [0.15, 0.2) is 42.5 Å². The van der Waals surface area contributed by atoms with E-state index < -0.39 is 6.09 Å². The predicted octanol–water partition coefficient (Wildman–Crippen LogP) is 2.63. The van der Waals surface area contributed by atoms with Gasteiger partial charge in [-0.25, -0.2) is 4.79 Å². The average molecular weight is 381 g/mol. The maximum atomic E-state index is 11.2. The van der Waals surface area contributed by atoms with Crippen LogP contribution in [0, 0.1) is 0 Å². The van der Waals surface area contributed by atoms with Gasteiger partial charge in [0.15, 0.2) is 11.7 Å². The van der Waals surface area contributed by atoms with Crippen molar-refractivity contribution in [3.63, 3.8) is 0 Å². The van der Waals surface area contributed by atoms with Crippen molar-refractivity contribution in [2.45, 2.75) is 0 Å². The van der Waals surface area contributed by atoms with Gasteiger partial charge in [-0.1, -0.05) is 6.07 Å². The molecular weight excluding hydrogens is 366 g/mol. The van der Waals surface area contributed by atoms with Crippen molar-refractivity contribution >= 4 is 22.9 Å². The third-order valence-corrected chi connectivity index (χ3v) is 4.38. The molecule has 0 spiro atoms. The summed E-state index contributed by atoms with van der Waals surface area (Å²) < 4.78 is 2.99. The van der Waals surface area contributed by atoms with E-state index in [1.165, 1.54) is 22.8 Å². The fourth-order valence-electron chi connectivity index (χ4n) is 3.10. The summed E-state index contributed by atoms with van der Waals surface area (Å²) in [5.41, 5.74) is 1.43. The number of phenols is 2. The van der Waals surface area contributed by atoms with Crippen LogP contribution in [-0.4, -0.2) is 45.9 Å². The summed E-state index contributed by atoms with van der Waals surface area (Å²) in [5, 5.41) is 49.7. The molecule has 28 heavy (non-hydrogen) atoms. The Morgan fingerprint density at radius 1 is 1.07 bits per heavy atom. The molecule has 2 aromatic heterocycles. The third kappa shape index (κ3) is 2.63. The summed E-state index contributed by atoms with van der Waals surface area (Å²) in [7, 11) is 1.69. The van der Waals surface area contributed by atoms with Crippen molar-refractivity contribution in [2.75, 3.05) is 5.32 Å². The molecule has 2 heterocycles. The molecule has 1 amide bonds. The van der Waals surface area contributed by atoms with Crippen molar-refractivity contribution in [1.29, 1.82) is 0 Å². The van der Waals surface area contributed by atoms with Gasteiger partial charge in [0, 0.05) is 24.6 Å². The molecule has 142 valence electrons. The third-order valence-electron chi connectivity index (χ3n) is 4.38. The monoisotopic (exact) mass is 381 g/mol. The van der Waals surface area contributed by atoms with Gasteiger partial charge >= 0.3 is 6.09 Å². The molecule has 10 heteroatoms. The first-order chi connectivity index (χ1) is 13.4. The number of nitrogens with one attached hydrogen (secondary N) is 1. The van der Waals surface area contributed by atoms with Crippen LogP contribution in [0.2, 0.25) is 0 Å². The quantitative estimate of drug-likeness (QED) is 0.367. The zero-order valence-electron chi connectivity index (χ0n) is 14.5. The van der Waals surface area contributed by atoms with Gasteiger partial charge in [-0.3, -0.25) is 9.88 Å². The van der Waals surface area contributed by atoms with Crippen LogP contribution in [0.4, 0.5) is 10.7 Å². The molecule has 2 aromatic carbocycles. The number of aromatic hydroxyl groups is 3. The first-order valence-electron chi connectivity index (χ1n) is 8.12. The zero-order chi connectivity index (χ0) is 20.0. The number of nitrogens with zero attached hydrogens (tertiary/aromatic N) is 4. The van der Waals surface area contributed by atoms with Crippen LogP contribution in [0.5, 0.6) is 17.4 Å². The number of amides is 1. The largest absolute Gasteiger partial charge is 0.508 e. The SMILES string of the molecule is Cn1c(O)cc2c(-n3c(NC(=O)O)nnc3-c3ccc(O)cc3O)cccc21. The van der Waals surface area contributed by atoms with Gasteiger partial charge in [-0.15, -0.1) is 10.2 Å². The highest BCUT2D eigenvalue weighted by Crippen LogP contribution is 2.36. The number of phenolic OH excluding ortho intramolecular Hbond substituents is 2. The first kappa shape index (κ1) is 17.2. The number of benzene rings is 2. The van der Waals surface area contributed by atoms with Crippen molar-refractivity contribution in [1.82, 2.24) is 19.3 Å². The molecule has 0 unspecified atom stereocenters. The number of hydrogen-bond donors (Lipinski definition) is 5. The smallest absolute Gasteiger partial charge is 0.411 e. The second-order valence-electron chi connectivity index (χ2n) is 6.09. The number of rotatable bonds is 3. The Kier molecular flexibility index (Phi) is 3.81. The zero-order valence-corrected chi connectivity index (χ0v) is 14.5. The van der Waals surface area contributed by atoms with Crippen molar-refractivity contribution in [3.05, 3.63) is 42.5 Å². The maximum Gasteiger partial charge on any atom is 0.411 e. The highest BCUT2D eigenvalue weighted by molar-refractivity contribution is 5.92. The molecule has 5 N–H and O–H groups in total. The van der Waals surface area contributed by atoms with E-state index in [0.717, 1.165) is 6.07 Å². The number of carbonyl (C=O) groups is 1. The lowest BCUT2D eigenvalue weighted by Gasteiger charge is -2.12. The minimum atomic E-state index is -1.33. The topological polar surface area (TPSA) is 146 Å². The van der Waals surface area contributed by atoms with Gasteiger partial charge in [0.25, 0.3) is 0 Å². The van der Waals surface area contributed by atoms with Crippen molar-refractivity contribution in [2.24, 2.45) is 7.05 Å². The summed E-state index contributed by atoms with van der Waals surface area (Å²) in [6.07, 6.45) is -1.33. The molecule has 0 aliphatic carbocycles. The van der Waals surface area contributed by atoms with E-state index in [9.17, 15) is 20.1 Å². The molecule has 0 aliphatic heterocycles. The first-order valence-corrected chi connectivity index (χ1v) is 8.12. The highest BCUT2D eigenvalue weighted by Gasteiger charge is 2.22. The van der Waals surface area contributed by atoms with E-state index in [4.69, 9.17) is 5.11 Å². The lowest BCUT2D eigenvalue weighted by molar-refractivity contribution is 0.209. The minimum Gasteiger partial charge on any atom is -0.508 e. The second-order valence-corrected chi connectivity index (χ2v) is 6.09. The molecule has 4 rings (SSSR count). The van der Waals surface area contributed by atoms with Crippen molar-refractivity contribution in [3.8, 4) is 34.5 Å². The maximum absolute atomic E-state index is 11.2. The van der Waals surface area contributed by atoms with E-state index in [2.05, 4.69) is 15.5 Å². The molecule has 0 fully saturated rings. The predicted molar refractivity (Wildman–Crippen MR) is 99.9 cm³/mol. The van der Waals surface area contributed by atoms with Gasteiger partial charge in [0.05, 0.1) is 16.8 Å². The van der Waals surface area contributed by atoms with Crippen LogP contribution < -0.4 is 5.32 Å². The molecule has 0 aliphatic rings. The van der Waals surface area contributed by atoms with E-state index in [1.54, 1.807) is 29.8 Å². The Labute approximate surface area is 157 Å². The minimum absolute atomic E-state index is 0.0253. The molecule has 10 nitrogen and oxygen atoms in total. The van der Waals surface area contributed by atoms with Gasteiger partial charge in [-0.2, -0.15) is 0 Å². The number of fused-ring (bicyclic) bond motifs is 1. The summed E-state index contributed by atoms with van der Waals surface area (Å²) in [5.74, 6) is -0.301. The molecule has 0 saturated carbocycles. The second kappa shape index (κ2) is 6.20. The number of carboxylic acid groups (broad SMARTS) is 1. The lowest BCUT2D eigenvalue weighted by atomic mass is 10.1. The van der Waals surface area contributed by atoms with Gasteiger partial charge in [0.1, 0.15) is 11.5 Å². The fraction of sp³-hybridized carbons (Fsp3) is 0.0556. The Hall–Kier alpha value is -4.21. The Morgan fingerprint density at radius 2 is 1.86 bits per heavy atom. The van der Waals surface area contributed by atoms with Crippen LogP contribution in [-0.2, 0) is 7.05 Å². The van der Waals surface area contributed by atoms with Gasteiger partial charge in [0.2, 0.25) is 5.95 Å².